The summed E-state index contributed by atoms with van der Waals surface area (Å²) in [6.07, 6.45) is 1.50. The van der Waals surface area contributed by atoms with E-state index in [1.807, 2.05) is 0 Å². The SMILES string of the molecule is C#CCOCCOCCOCCOCCNC(=O)CO[C@@H]([C@@H]1OC(C(=O)O)=C[C@H](N/C(C)=N\C(=O)OC(C)(C)C)[C@H]1C)[C@H]1COC(=O)O1. The number of nitrogens with zero attached hydrogens (tertiary/aromatic N) is 1. The Morgan fingerprint density at radius 3 is 2.25 bits per heavy atom. The van der Waals surface area contributed by atoms with Crippen LogP contribution in [0.4, 0.5) is 9.59 Å². The molecule has 5 atom stereocenters. The summed E-state index contributed by atoms with van der Waals surface area (Å²) in [6, 6.07) is -0.716. The third-order valence-electron chi connectivity index (χ3n) is 6.50. The van der Waals surface area contributed by atoms with Crippen LogP contribution in [0.15, 0.2) is 16.8 Å². The predicted octanol–water partition coefficient (Wildman–Crippen LogP) is 1.04. The molecule has 0 aliphatic carbocycles. The summed E-state index contributed by atoms with van der Waals surface area (Å²) >= 11 is 0. The van der Waals surface area contributed by atoms with Crippen molar-refractivity contribution >= 4 is 30.0 Å². The molecule has 2 aliphatic heterocycles. The molecule has 1 fully saturated rings. The number of hydrogen-bond acceptors (Lipinski definition) is 13. The number of rotatable bonds is 20. The number of carboxylic acids is 1. The molecule has 0 unspecified atom stereocenters. The number of terminal acetylenes is 1. The maximum Gasteiger partial charge on any atom is 0.508 e. The molecule has 270 valence electrons. The number of amidine groups is 1. The fourth-order valence-electron chi connectivity index (χ4n) is 4.36. The second-order valence-corrected chi connectivity index (χ2v) is 11.6. The van der Waals surface area contributed by atoms with Crippen LogP contribution in [0.1, 0.15) is 34.6 Å². The number of carboxylic acid groups (broad SMARTS) is 1. The van der Waals surface area contributed by atoms with E-state index < -0.39 is 72.4 Å². The smallest absolute Gasteiger partial charge is 0.480 e. The van der Waals surface area contributed by atoms with Gasteiger partial charge in [0.05, 0.1) is 52.3 Å². The van der Waals surface area contributed by atoms with E-state index in [4.69, 9.17) is 49.1 Å². The topological polar surface area (TPSA) is 208 Å². The van der Waals surface area contributed by atoms with Gasteiger partial charge < -0.3 is 58.4 Å². The van der Waals surface area contributed by atoms with Crippen molar-refractivity contribution in [2.45, 2.75) is 64.6 Å². The van der Waals surface area contributed by atoms with E-state index in [0.29, 0.717) is 39.6 Å². The van der Waals surface area contributed by atoms with Gasteiger partial charge in [-0.2, -0.15) is 4.99 Å². The molecule has 0 saturated carbocycles. The zero-order valence-electron chi connectivity index (χ0n) is 28.0. The average molecular weight is 686 g/mol. The van der Waals surface area contributed by atoms with E-state index in [0.717, 1.165) is 0 Å². The standard InChI is InChI=1S/C31H47N3O14/c1-7-9-40-11-13-42-15-16-43-14-12-41-10-8-32-25(35)19-44-27(24-18-45-30(39)47-24)26-20(2)22(17-23(46-26)28(36)37)33-21(3)34-29(38)48-31(4,5)6/h1,17,20,22,24,26-27H,8-16,18-19H2,2-6H3,(H,32,35)(H,36,37)(H,33,34,38)/t20-,22+,24-,26-,27-/m1/s1. The monoisotopic (exact) mass is 685 g/mol. The van der Waals surface area contributed by atoms with Crippen molar-refractivity contribution < 1.29 is 66.9 Å². The lowest BCUT2D eigenvalue weighted by Gasteiger charge is -2.39. The Bertz CT molecular complexity index is 1160. The molecule has 0 aromatic rings. The number of aliphatic imine (C=N–C) groups is 1. The second-order valence-electron chi connectivity index (χ2n) is 11.6. The van der Waals surface area contributed by atoms with Crippen LogP contribution in [0.5, 0.6) is 0 Å². The first-order chi connectivity index (χ1) is 22.8. The van der Waals surface area contributed by atoms with Crippen LogP contribution in [-0.4, -0.2) is 138 Å². The van der Waals surface area contributed by atoms with Crippen molar-refractivity contribution in [3.05, 3.63) is 11.8 Å². The minimum absolute atomic E-state index is 0.163. The molecular weight excluding hydrogens is 638 g/mol. The van der Waals surface area contributed by atoms with Crippen LogP contribution in [0.25, 0.3) is 0 Å². The molecule has 2 rings (SSSR count). The number of aliphatic carboxylic acids is 1. The van der Waals surface area contributed by atoms with Gasteiger partial charge in [0.15, 0.2) is 6.10 Å². The molecule has 3 N–H and O–H groups in total. The van der Waals surface area contributed by atoms with E-state index in [1.165, 1.54) is 13.0 Å². The molecule has 1 saturated heterocycles. The molecule has 0 bridgehead atoms. The summed E-state index contributed by atoms with van der Waals surface area (Å²) in [5.41, 5.74) is -0.760. The largest absolute Gasteiger partial charge is 0.508 e. The van der Waals surface area contributed by atoms with Crippen LogP contribution >= 0.6 is 0 Å². The molecule has 17 nitrogen and oxygen atoms in total. The zero-order valence-corrected chi connectivity index (χ0v) is 28.0. The summed E-state index contributed by atoms with van der Waals surface area (Å²) in [5, 5.41) is 15.4. The molecule has 17 heteroatoms. The van der Waals surface area contributed by atoms with Gasteiger partial charge in [0.25, 0.3) is 0 Å². The van der Waals surface area contributed by atoms with Crippen LogP contribution in [0.3, 0.4) is 0 Å². The van der Waals surface area contributed by atoms with E-state index >= 15 is 0 Å². The van der Waals surface area contributed by atoms with Crippen molar-refractivity contribution in [2.75, 3.05) is 72.6 Å². The van der Waals surface area contributed by atoms with Crippen LogP contribution < -0.4 is 10.6 Å². The van der Waals surface area contributed by atoms with E-state index in [2.05, 4.69) is 21.5 Å². The van der Waals surface area contributed by atoms with Gasteiger partial charge in [0, 0.05) is 12.5 Å². The minimum atomic E-state index is -1.36. The lowest BCUT2D eigenvalue weighted by Crippen LogP contribution is -2.54. The Labute approximate surface area is 279 Å². The van der Waals surface area contributed by atoms with Gasteiger partial charge >= 0.3 is 18.2 Å². The number of amides is 2. The highest BCUT2D eigenvalue weighted by molar-refractivity contribution is 5.91. The minimum Gasteiger partial charge on any atom is -0.480 e. The van der Waals surface area contributed by atoms with Gasteiger partial charge in [-0.05, 0) is 33.8 Å². The Hall–Kier alpha value is -3.95. The molecule has 2 heterocycles. The van der Waals surface area contributed by atoms with Crippen molar-refractivity contribution in [1.29, 1.82) is 0 Å². The van der Waals surface area contributed by atoms with Gasteiger partial charge in [-0.15, -0.1) is 6.42 Å². The normalized spacial score (nSPS) is 21.5. The maximum absolute atomic E-state index is 12.6. The first-order valence-corrected chi connectivity index (χ1v) is 15.4. The molecule has 0 radical (unpaired) electrons. The van der Waals surface area contributed by atoms with Crippen molar-refractivity contribution in [3.63, 3.8) is 0 Å². The zero-order chi connectivity index (χ0) is 35.5. The highest BCUT2D eigenvalue weighted by Crippen LogP contribution is 2.31. The number of hydrogen-bond donors (Lipinski definition) is 3. The highest BCUT2D eigenvalue weighted by atomic mass is 16.8. The molecular formula is C31H47N3O14. The van der Waals surface area contributed by atoms with Crippen LogP contribution in [0.2, 0.25) is 0 Å². The lowest BCUT2D eigenvalue weighted by atomic mass is 9.87. The highest BCUT2D eigenvalue weighted by Gasteiger charge is 2.46. The molecule has 2 aliphatic rings. The van der Waals surface area contributed by atoms with Gasteiger partial charge in [-0.3, -0.25) is 4.79 Å². The van der Waals surface area contributed by atoms with E-state index in [1.54, 1.807) is 27.7 Å². The van der Waals surface area contributed by atoms with Gasteiger partial charge in [0.1, 0.15) is 43.5 Å². The Morgan fingerprint density at radius 1 is 1.06 bits per heavy atom. The average Bonchev–Trinajstić information content (AvgIpc) is 3.43. The third-order valence-corrected chi connectivity index (χ3v) is 6.50. The molecule has 0 aromatic heterocycles. The van der Waals surface area contributed by atoms with Crippen molar-refractivity contribution in [2.24, 2.45) is 10.9 Å². The summed E-state index contributed by atoms with van der Waals surface area (Å²) in [4.78, 5) is 52.4. The molecule has 2 amide bonds. The molecule has 0 aromatic carbocycles. The van der Waals surface area contributed by atoms with Crippen LogP contribution in [0, 0.1) is 18.3 Å². The van der Waals surface area contributed by atoms with Crippen molar-refractivity contribution in [3.8, 4) is 12.3 Å². The van der Waals surface area contributed by atoms with Gasteiger partial charge in [-0.1, -0.05) is 12.8 Å². The van der Waals surface area contributed by atoms with E-state index in [-0.39, 0.29) is 32.2 Å². The molecule has 0 spiro atoms. The molecule has 48 heavy (non-hydrogen) atoms. The summed E-state index contributed by atoms with van der Waals surface area (Å²) < 4.78 is 48.3. The number of nitrogens with one attached hydrogen (secondary N) is 2. The first kappa shape index (κ1) is 40.2. The Morgan fingerprint density at radius 2 is 1.69 bits per heavy atom. The number of ether oxygens (including phenoxy) is 9. The van der Waals surface area contributed by atoms with Crippen LogP contribution in [-0.2, 0) is 52.2 Å². The van der Waals surface area contributed by atoms with Gasteiger partial charge in [0.2, 0.25) is 11.7 Å². The fraction of sp³-hybridized carbons (Fsp3) is 0.710. The number of carbonyl (C=O) groups excluding carboxylic acids is 3. The number of cyclic esters (lactones) is 2. The predicted molar refractivity (Wildman–Crippen MR) is 167 cm³/mol. The Kier molecular flexibility index (Phi) is 17.7. The van der Waals surface area contributed by atoms with E-state index in [9.17, 15) is 24.3 Å². The third kappa shape index (κ3) is 15.8. The quantitative estimate of drug-likeness (QED) is 0.0538. The number of carbonyl (C=O) groups is 4. The maximum atomic E-state index is 12.6. The summed E-state index contributed by atoms with van der Waals surface area (Å²) in [5.74, 6) is -0.290. The van der Waals surface area contributed by atoms with Gasteiger partial charge in [-0.25, -0.2) is 14.4 Å². The van der Waals surface area contributed by atoms with Crippen molar-refractivity contribution in [1.82, 2.24) is 10.6 Å². The lowest BCUT2D eigenvalue weighted by molar-refractivity contribution is -0.155. The summed E-state index contributed by atoms with van der Waals surface area (Å²) in [6.45, 7) is 10.6. The summed E-state index contributed by atoms with van der Waals surface area (Å²) in [7, 11) is 0. The second kappa shape index (κ2) is 21.1. The Balaban J connectivity index is 1.87. The first-order valence-electron chi connectivity index (χ1n) is 15.4. The fourth-order valence-corrected chi connectivity index (χ4v) is 4.36.